The molecule has 2 rings (SSSR count). The van der Waals surface area contributed by atoms with Crippen molar-refractivity contribution in [3.63, 3.8) is 0 Å². The molecular formula is C14H13BrClFN2. The molecule has 0 saturated carbocycles. The molecule has 0 spiro atoms. The minimum atomic E-state index is -0.349. The Morgan fingerprint density at radius 3 is 2.53 bits per heavy atom. The van der Waals surface area contributed by atoms with Crippen LogP contribution in [-0.2, 0) is 0 Å². The molecular weight excluding hydrogens is 331 g/mol. The Morgan fingerprint density at radius 1 is 1.32 bits per heavy atom. The first-order valence-corrected chi connectivity index (χ1v) is 6.95. The molecule has 2 aromatic rings. The van der Waals surface area contributed by atoms with Gasteiger partial charge in [0, 0.05) is 22.7 Å². The van der Waals surface area contributed by atoms with E-state index < -0.39 is 0 Å². The zero-order chi connectivity index (χ0) is 14.0. The van der Waals surface area contributed by atoms with Gasteiger partial charge in [0.2, 0.25) is 0 Å². The molecule has 0 bridgehead atoms. The Kier molecular flexibility index (Phi) is 4.42. The summed E-state index contributed by atoms with van der Waals surface area (Å²) in [6.07, 6.45) is 1.59. The number of rotatable bonds is 3. The van der Waals surface area contributed by atoms with Gasteiger partial charge in [0.05, 0.1) is 6.04 Å². The van der Waals surface area contributed by atoms with Crippen LogP contribution in [0.3, 0.4) is 0 Å². The van der Waals surface area contributed by atoms with E-state index in [1.54, 1.807) is 11.1 Å². The van der Waals surface area contributed by atoms with Gasteiger partial charge in [-0.2, -0.15) is 0 Å². The third-order valence-electron chi connectivity index (χ3n) is 3.06. The highest BCUT2D eigenvalue weighted by molar-refractivity contribution is 9.10. The smallest absolute Gasteiger partial charge is 0.166 e. The summed E-state index contributed by atoms with van der Waals surface area (Å²) in [6.45, 7) is 1.99. The van der Waals surface area contributed by atoms with Crippen LogP contribution in [0, 0.1) is 5.82 Å². The molecule has 0 saturated heterocycles. The second kappa shape index (κ2) is 5.88. The van der Waals surface area contributed by atoms with Crippen molar-refractivity contribution in [1.82, 2.24) is 4.98 Å². The van der Waals surface area contributed by atoms with Crippen molar-refractivity contribution in [3.8, 4) is 0 Å². The van der Waals surface area contributed by atoms with Crippen LogP contribution in [0.2, 0.25) is 5.02 Å². The second-order valence-electron chi connectivity index (χ2n) is 4.30. The minimum Gasteiger partial charge on any atom is -0.350 e. The number of benzene rings is 1. The first-order valence-electron chi connectivity index (χ1n) is 5.78. The largest absolute Gasteiger partial charge is 0.350 e. The molecule has 0 aliphatic heterocycles. The summed E-state index contributed by atoms with van der Waals surface area (Å²) in [5.74, 6) is -0.0247. The number of nitrogens with zero attached hydrogens (tertiary/aromatic N) is 2. The molecule has 1 aromatic carbocycles. The molecule has 0 N–H and O–H groups in total. The normalized spacial score (nSPS) is 12.3. The van der Waals surface area contributed by atoms with Crippen molar-refractivity contribution in [1.29, 1.82) is 0 Å². The quantitative estimate of drug-likeness (QED) is 0.793. The van der Waals surface area contributed by atoms with E-state index in [-0.39, 0.29) is 11.9 Å². The Bertz CT molecular complexity index is 574. The van der Waals surface area contributed by atoms with Crippen molar-refractivity contribution in [2.75, 3.05) is 11.9 Å². The highest BCUT2D eigenvalue weighted by Gasteiger charge is 2.17. The molecule has 1 heterocycles. The van der Waals surface area contributed by atoms with Crippen LogP contribution in [0.1, 0.15) is 18.5 Å². The zero-order valence-electron chi connectivity index (χ0n) is 10.6. The molecule has 5 heteroatoms. The molecule has 1 unspecified atom stereocenters. The van der Waals surface area contributed by atoms with E-state index in [2.05, 4.69) is 20.9 Å². The van der Waals surface area contributed by atoms with E-state index in [0.29, 0.717) is 15.3 Å². The van der Waals surface area contributed by atoms with Gasteiger partial charge in [0.25, 0.3) is 0 Å². The molecule has 0 fully saturated rings. The molecule has 1 aromatic heterocycles. The topological polar surface area (TPSA) is 16.1 Å². The zero-order valence-corrected chi connectivity index (χ0v) is 12.9. The Hall–Kier alpha value is -1.13. The standard InChI is InChI=1S/C14H13BrClFN2/c1-9(10-3-5-12(16)6-4-10)19(2)14-13(17)7-11(15)8-18-14/h3-9H,1-2H3. The average molecular weight is 344 g/mol. The number of anilines is 1. The average Bonchev–Trinajstić information content (AvgIpc) is 2.38. The van der Waals surface area contributed by atoms with Crippen molar-refractivity contribution < 1.29 is 4.39 Å². The van der Waals surface area contributed by atoms with Crippen LogP contribution in [0.25, 0.3) is 0 Å². The fourth-order valence-corrected chi connectivity index (χ4v) is 2.24. The number of aromatic nitrogens is 1. The van der Waals surface area contributed by atoms with Crippen LogP contribution in [0.4, 0.5) is 10.2 Å². The predicted molar refractivity (Wildman–Crippen MR) is 80.2 cm³/mol. The maximum absolute atomic E-state index is 13.9. The Labute approximate surface area is 125 Å². The van der Waals surface area contributed by atoms with Crippen LogP contribution >= 0.6 is 27.5 Å². The predicted octanol–water partition coefficient (Wildman–Crippen LogP) is 4.83. The van der Waals surface area contributed by atoms with E-state index in [1.165, 1.54) is 6.07 Å². The number of hydrogen-bond acceptors (Lipinski definition) is 2. The van der Waals surface area contributed by atoms with Crippen molar-refractivity contribution in [3.05, 3.63) is 57.4 Å². The van der Waals surface area contributed by atoms with Crippen LogP contribution in [0.15, 0.2) is 41.0 Å². The van der Waals surface area contributed by atoms with Gasteiger partial charge in [-0.1, -0.05) is 23.7 Å². The molecule has 0 aliphatic rings. The molecule has 0 aliphatic carbocycles. The molecule has 100 valence electrons. The van der Waals surface area contributed by atoms with Crippen LogP contribution in [0.5, 0.6) is 0 Å². The maximum atomic E-state index is 13.9. The summed E-state index contributed by atoms with van der Waals surface area (Å²) in [5, 5.41) is 0.687. The summed E-state index contributed by atoms with van der Waals surface area (Å²) in [6, 6.07) is 8.92. The van der Waals surface area contributed by atoms with Gasteiger partial charge in [-0.3, -0.25) is 0 Å². The molecule has 2 nitrogen and oxygen atoms in total. The molecule has 1 atom stereocenters. The lowest BCUT2D eigenvalue weighted by Crippen LogP contribution is -2.23. The first-order chi connectivity index (χ1) is 8.99. The van der Waals surface area contributed by atoms with Crippen LogP contribution < -0.4 is 4.90 Å². The summed E-state index contributed by atoms with van der Waals surface area (Å²) >= 11 is 9.06. The SMILES string of the molecule is CC(c1ccc(Cl)cc1)N(C)c1ncc(Br)cc1F. The van der Waals surface area contributed by atoms with E-state index in [4.69, 9.17) is 11.6 Å². The van der Waals surface area contributed by atoms with E-state index in [1.807, 2.05) is 38.2 Å². The summed E-state index contributed by atoms with van der Waals surface area (Å²) in [5.41, 5.74) is 1.05. The van der Waals surface area contributed by atoms with E-state index >= 15 is 0 Å². The van der Waals surface area contributed by atoms with Crippen LogP contribution in [-0.4, -0.2) is 12.0 Å². The van der Waals surface area contributed by atoms with Crippen molar-refractivity contribution in [2.24, 2.45) is 0 Å². The van der Waals surface area contributed by atoms with E-state index in [9.17, 15) is 4.39 Å². The highest BCUT2D eigenvalue weighted by atomic mass is 79.9. The van der Waals surface area contributed by atoms with Gasteiger partial charge in [0.15, 0.2) is 11.6 Å². The lowest BCUT2D eigenvalue weighted by molar-refractivity contribution is 0.601. The van der Waals surface area contributed by atoms with Gasteiger partial charge < -0.3 is 4.90 Å². The van der Waals surface area contributed by atoms with Gasteiger partial charge in [0.1, 0.15) is 0 Å². The number of pyridine rings is 1. The third kappa shape index (κ3) is 3.25. The summed E-state index contributed by atoms with van der Waals surface area (Å²) in [7, 11) is 1.82. The van der Waals surface area contributed by atoms with Gasteiger partial charge in [-0.15, -0.1) is 0 Å². The van der Waals surface area contributed by atoms with E-state index in [0.717, 1.165) is 5.56 Å². The van der Waals surface area contributed by atoms with Crippen molar-refractivity contribution in [2.45, 2.75) is 13.0 Å². The summed E-state index contributed by atoms with van der Waals surface area (Å²) < 4.78 is 14.5. The molecule has 19 heavy (non-hydrogen) atoms. The number of hydrogen-bond donors (Lipinski definition) is 0. The fraction of sp³-hybridized carbons (Fsp3) is 0.214. The maximum Gasteiger partial charge on any atom is 0.166 e. The molecule has 0 radical (unpaired) electrons. The van der Waals surface area contributed by atoms with Crippen molar-refractivity contribution >= 4 is 33.3 Å². The van der Waals surface area contributed by atoms with Gasteiger partial charge in [-0.25, -0.2) is 9.37 Å². The minimum absolute atomic E-state index is 0.000409. The van der Waals surface area contributed by atoms with Gasteiger partial charge >= 0.3 is 0 Å². The monoisotopic (exact) mass is 342 g/mol. The third-order valence-corrected chi connectivity index (χ3v) is 3.74. The van der Waals surface area contributed by atoms with Gasteiger partial charge in [-0.05, 0) is 46.6 Å². The lowest BCUT2D eigenvalue weighted by atomic mass is 10.1. The molecule has 0 amide bonds. The Morgan fingerprint density at radius 2 is 1.95 bits per heavy atom. The Balaban J connectivity index is 2.27. The first kappa shape index (κ1) is 14.3. The fourth-order valence-electron chi connectivity index (χ4n) is 1.82. The highest BCUT2D eigenvalue weighted by Crippen LogP contribution is 2.27. The number of halogens is 3. The summed E-state index contributed by atoms with van der Waals surface area (Å²) in [4.78, 5) is 5.92. The lowest BCUT2D eigenvalue weighted by Gasteiger charge is -2.26. The second-order valence-corrected chi connectivity index (χ2v) is 5.65.